The van der Waals surface area contributed by atoms with Gasteiger partial charge in [-0.15, -0.1) is 0 Å². The van der Waals surface area contributed by atoms with E-state index in [-0.39, 0.29) is 6.61 Å². The zero-order chi connectivity index (χ0) is 11.1. The molecule has 0 saturated carbocycles. The highest BCUT2D eigenvalue weighted by atomic mass is 16.5. The van der Waals surface area contributed by atoms with Crippen LogP contribution in [-0.4, -0.2) is 38.5 Å². The number of benzene rings is 1. The molecule has 0 amide bonds. The molecule has 0 aliphatic heterocycles. The van der Waals surface area contributed by atoms with Crippen molar-refractivity contribution in [2.45, 2.75) is 6.10 Å². The molecule has 15 heavy (non-hydrogen) atoms. The van der Waals surface area contributed by atoms with Crippen LogP contribution in [0.5, 0.6) is 11.5 Å². The van der Waals surface area contributed by atoms with Crippen molar-refractivity contribution in [3.05, 3.63) is 24.3 Å². The molecule has 0 fully saturated rings. The minimum absolute atomic E-state index is 0.272. The monoisotopic (exact) mass is 211 g/mol. The number of methoxy groups -OCH3 is 1. The molecule has 0 radical (unpaired) electrons. The van der Waals surface area contributed by atoms with E-state index >= 15 is 0 Å². The Morgan fingerprint density at radius 3 is 2.80 bits per heavy atom. The number of ether oxygens (including phenoxy) is 2. The maximum Gasteiger partial charge on any atom is 0.123 e. The van der Waals surface area contributed by atoms with Crippen molar-refractivity contribution in [2.24, 2.45) is 0 Å². The van der Waals surface area contributed by atoms with Gasteiger partial charge < -0.3 is 19.9 Å². The van der Waals surface area contributed by atoms with Gasteiger partial charge in [0.15, 0.2) is 0 Å². The van der Waals surface area contributed by atoms with Gasteiger partial charge in [-0.1, -0.05) is 6.07 Å². The number of aliphatic hydroxyl groups excluding tert-OH is 1. The first-order chi connectivity index (χ1) is 7.26. The lowest BCUT2D eigenvalue weighted by Crippen LogP contribution is -2.29. The maximum absolute atomic E-state index is 9.42. The van der Waals surface area contributed by atoms with Crippen LogP contribution in [0.25, 0.3) is 0 Å². The molecule has 2 N–H and O–H groups in total. The van der Waals surface area contributed by atoms with Gasteiger partial charge in [-0.2, -0.15) is 0 Å². The zero-order valence-corrected chi connectivity index (χ0v) is 9.06. The van der Waals surface area contributed by atoms with E-state index in [9.17, 15) is 5.11 Å². The third kappa shape index (κ3) is 4.18. The van der Waals surface area contributed by atoms with Crippen LogP contribution in [0.15, 0.2) is 24.3 Å². The minimum Gasteiger partial charge on any atom is -0.497 e. The molecule has 0 aliphatic carbocycles. The molecule has 1 aromatic rings. The van der Waals surface area contributed by atoms with Crippen LogP contribution >= 0.6 is 0 Å². The number of nitrogens with one attached hydrogen (secondary N) is 1. The van der Waals surface area contributed by atoms with E-state index in [0.717, 1.165) is 5.75 Å². The van der Waals surface area contributed by atoms with Gasteiger partial charge in [-0.25, -0.2) is 0 Å². The molecule has 4 heteroatoms. The standard InChI is InChI=1S/C11H17NO3/c1-12-7-9(13)8-15-11-5-3-4-10(6-11)14-2/h3-6,9,12-13H,7-8H2,1-2H3/t9-/m1/s1. The van der Waals surface area contributed by atoms with Gasteiger partial charge in [0.25, 0.3) is 0 Å². The number of hydrogen-bond acceptors (Lipinski definition) is 4. The Hall–Kier alpha value is -1.26. The topological polar surface area (TPSA) is 50.7 Å². The Kier molecular flexibility index (Phi) is 4.93. The van der Waals surface area contributed by atoms with E-state index in [0.29, 0.717) is 12.3 Å². The number of aliphatic hydroxyl groups is 1. The van der Waals surface area contributed by atoms with E-state index in [4.69, 9.17) is 9.47 Å². The molecule has 0 bridgehead atoms. The Labute approximate surface area is 89.8 Å². The molecule has 0 heterocycles. The minimum atomic E-state index is -0.499. The van der Waals surface area contributed by atoms with Crippen LogP contribution in [0.1, 0.15) is 0 Å². The maximum atomic E-state index is 9.42. The van der Waals surface area contributed by atoms with Gasteiger partial charge in [-0.3, -0.25) is 0 Å². The summed E-state index contributed by atoms with van der Waals surface area (Å²) < 4.78 is 10.4. The van der Waals surface area contributed by atoms with E-state index in [1.807, 2.05) is 18.2 Å². The molecule has 84 valence electrons. The largest absolute Gasteiger partial charge is 0.497 e. The smallest absolute Gasteiger partial charge is 0.123 e. The van der Waals surface area contributed by atoms with E-state index < -0.39 is 6.10 Å². The third-order valence-electron chi connectivity index (χ3n) is 1.92. The summed E-state index contributed by atoms with van der Waals surface area (Å²) in [6, 6.07) is 7.30. The van der Waals surface area contributed by atoms with Crippen molar-refractivity contribution in [2.75, 3.05) is 27.3 Å². The Balaban J connectivity index is 2.43. The van der Waals surface area contributed by atoms with E-state index in [1.54, 1.807) is 20.2 Å². The fourth-order valence-electron chi connectivity index (χ4n) is 1.18. The lowest BCUT2D eigenvalue weighted by molar-refractivity contribution is 0.108. The molecular weight excluding hydrogens is 194 g/mol. The second kappa shape index (κ2) is 6.27. The van der Waals surface area contributed by atoms with Crippen LogP contribution in [0.4, 0.5) is 0 Å². The molecule has 0 spiro atoms. The molecule has 1 aromatic carbocycles. The third-order valence-corrected chi connectivity index (χ3v) is 1.92. The first-order valence-electron chi connectivity index (χ1n) is 4.85. The predicted octanol–water partition coefficient (Wildman–Crippen LogP) is 0.654. The quantitative estimate of drug-likeness (QED) is 0.725. The van der Waals surface area contributed by atoms with Gasteiger partial charge in [-0.05, 0) is 19.2 Å². The Bertz CT molecular complexity index is 291. The average Bonchev–Trinajstić information content (AvgIpc) is 2.27. The molecule has 4 nitrogen and oxygen atoms in total. The lowest BCUT2D eigenvalue weighted by Gasteiger charge is -2.12. The summed E-state index contributed by atoms with van der Waals surface area (Å²) in [5.41, 5.74) is 0. The number of rotatable bonds is 6. The second-order valence-electron chi connectivity index (χ2n) is 3.20. The normalized spacial score (nSPS) is 12.2. The Morgan fingerprint density at radius 1 is 1.40 bits per heavy atom. The number of likely N-dealkylation sites (N-methyl/N-ethyl adjacent to an activating group) is 1. The van der Waals surface area contributed by atoms with Crippen molar-refractivity contribution >= 4 is 0 Å². The van der Waals surface area contributed by atoms with Gasteiger partial charge in [0.1, 0.15) is 24.2 Å². The highest BCUT2D eigenvalue weighted by molar-refractivity contribution is 5.32. The van der Waals surface area contributed by atoms with Gasteiger partial charge in [0.05, 0.1) is 7.11 Å². The van der Waals surface area contributed by atoms with Crippen LogP contribution < -0.4 is 14.8 Å². The zero-order valence-electron chi connectivity index (χ0n) is 9.06. The summed E-state index contributed by atoms with van der Waals surface area (Å²) in [5, 5.41) is 12.3. The van der Waals surface area contributed by atoms with Crippen molar-refractivity contribution < 1.29 is 14.6 Å². The summed E-state index contributed by atoms with van der Waals surface area (Å²) >= 11 is 0. The predicted molar refractivity (Wildman–Crippen MR) is 58.4 cm³/mol. The van der Waals surface area contributed by atoms with Gasteiger partial charge in [0, 0.05) is 12.6 Å². The van der Waals surface area contributed by atoms with Gasteiger partial charge in [0.2, 0.25) is 0 Å². The summed E-state index contributed by atoms with van der Waals surface area (Å²) in [6.07, 6.45) is -0.499. The van der Waals surface area contributed by atoms with Crippen molar-refractivity contribution in [1.82, 2.24) is 5.32 Å². The van der Waals surface area contributed by atoms with Crippen LogP contribution in [0.3, 0.4) is 0 Å². The molecule has 0 saturated heterocycles. The summed E-state index contributed by atoms with van der Waals surface area (Å²) in [6.45, 7) is 0.790. The second-order valence-corrected chi connectivity index (χ2v) is 3.20. The summed E-state index contributed by atoms with van der Waals surface area (Å²) in [7, 11) is 3.39. The highest BCUT2D eigenvalue weighted by Crippen LogP contribution is 2.18. The summed E-state index contributed by atoms with van der Waals surface area (Å²) in [5.74, 6) is 1.44. The lowest BCUT2D eigenvalue weighted by atomic mass is 10.3. The molecule has 1 rings (SSSR count). The molecule has 0 aromatic heterocycles. The fourth-order valence-corrected chi connectivity index (χ4v) is 1.18. The van der Waals surface area contributed by atoms with Crippen LogP contribution in [0, 0.1) is 0 Å². The average molecular weight is 211 g/mol. The molecule has 1 atom stereocenters. The van der Waals surface area contributed by atoms with E-state index in [1.165, 1.54) is 0 Å². The number of hydrogen-bond donors (Lipinski definition) is 2. The molecule has 0 aliphatic rings. The molecular formula is C11H17NO3. The highest BCUT2D eigenvalue weighted by Gasteiger charge is 2.03. The van der Waals surface area contributed by atoms with Crippen molar-refractivity contribution in [3.8, 4) is 11.5 Å². The molecule has 0 unspecified atom stereocenters. The first-order valence-corrected chi connectivity index (χ1v) is 4.85. The van der Waals surface area contributed by atoms with Crippen LogP contribution in [0.2, 0.25) is 0 Å². The fraction of sp³-hybridized carbons (Fsp3) is 0.455. The van der Waals surface area contributed by atoms with Crippen molar-refractivity contribution in [1.29, 1.82) is 0 Å². The first kappa shape index (κ1) is 11.8. The van der Waals surface area contributed by atoms with Crippen molar-refractivity contribution in [3.63, 3.8) is 0 Å². The van der Waals surface area contributed by atoms with E-state index in [2.05, 4.69) is 5.32 Å². The summed E-state index contributed by atoms with van der Waals surface area (Å²) in [4.78, 5) is 0. The van der Waals surface area contributed by atoms with Gasteiger partial charge >= 0.3 is 0 Å². The Morgan fingerprint density at radius 2 is 2.13 bits per heavy atom. The SMILES string of the molecule is CNC[C@@H](O)COc1cccc(OC)c1. The van der Waals surface area contributed by atoms with Crippen LogP contribution in [-0.2, 0) is 0 Å².